The van der Waals surface area contributed by atoms with Gasteiger partial charge in [-0.15, -0.1) is 0 Å². The first-order valence-corrected chi connectivity index (χ1v) is 11.4. The summed E-state index contributed by atoms with van der Waals surface area (Å²) in [6.45, 7) is 4.84. The van der Waals surface area contributed by atoms with Gasteiger partial charge in [0.2, 0.25) is 11.8 Å². The number of hydrogen-bond donors (Lipinski definition) is 2. The van der Waals surface area contributed by atoms with Gasteiger partial charge in [0, 0.05) is 0 Å². The number of para-hydroxylation sites is 4. The molecule has 2 aromatic rings. The largest absolute Gasteiger partial charge is 0.492 e. The highest BCUT2D eigenvalue weighted by Gasteiger charge is 2.10. The third-order valence-electron chi connectivity index (χ3n) is 3.39. The van der Waals surface area contributed by atoms with Gasteiger partial charge in [0.25, 0.3) is 0 Å². The standard InChI is InChI=1S/C20H24N2O4S2/c1-3-25-17-11-7-5-9-15(17)21-19(23)13-27-28-14-20(24)22-16-10-6-8-12-18(16)26-4-2/h5-12H,3-4,13-14H2,1-2H3,(H,21,23)(H,22,24). The first kappa shape index (κ1) is 22.0. The van der Waals surface area contributed by atoms with Gasteiger partial charge in [-0.05, 0) is 38.1 Å². The molecule has 0 atom stereocenters. The molecule has 0 radical (unpaired) electrons. The van der Waals surface area contributed by atoms with Gasteiger partial charge in [-0.1, -0.05) is 45.9 Å². The van der Waals surface area contributed by atoms with E-state index in [-0.39, 0.29) is 23.3 Å². The zero-order valence-electron chi connectivity index (χ0n) is 15.9. The van der Waals surface area contributed by atoms with Gasteiger partial charge in [-0.2, -0.15) is 0 Å². The van der Waals surface area contributed by atoms with Gasteiger partial charge < -0.3 is 20.1 Å². The average molecular weight is 421 g/mol. The predicted octanol–water partition coefficient (Wildman–Crippen LogP) is 4.44. The number of carbonyl (C=O) groups excluding carboxylic acids is 2. The molecule has 0 spiro atoms. The van der Waals surface area contributed by atoms with Crippen LogP contribution in [0.25, 0.3) is 0 Å². The van der Waals surface area contributed by atoms with Crippen molar-refractivity contribution in [2.24, 2.45) is 0 Å². The molecule has 6 nitrogen and oxygen atoms in total. The van der Waals surface area contributed by atoms with Crippen LogP contribution in [-0.2, 0) is 9.59 Å². The lowest BCUT2D eigenvalue weighted by Gasteiger charge is -2.11. The summed E-state index contributed by atoms with van der Waals surface area (Å²) in [7, 11) is 2.65. The number of anilines is 2. The zero-order chi connectivity index (χ0) is 20.2. The van der Waals surface area contributed by atoms with Crippen molar-refractivity contribution in [3.8, 4) is 11.5 Å². The molecule has 0 aliphatic carbocycles. The maximum atomic E-state index is 12.1. The van der Waals surface area contributed by atoms with Crippen LogP contribution in [0.2, 0.25) is 0 Å². The summed E-state index contributed by atoms with van der Waals surface area (Å²) in [5, 5.41) is 5.66. The lowest BCUT2D eigenvalue weighted by molar-refractivity contribution is -0.114. The highest BCUT2D eigenvalue weighted by molar-refractivity contribution is 8.77. The number of benzene rings is 2. The van der Waals surface area contributed by atoms with Gasteiger partial charge in [0.15, 0.2) is 0 Å². The molecule has 2 amide bonds. The third kappa shape index (κ3) is 7.36. The Morgan fingerprint density at radius 3 is 1.54 bits per heavy atom. The van der Waals surface area contributed by atoms with Crippen molar-refractivity contribution < 1.29 is 19.1 Å². The van der Waals surface area contributed by atoms with E-state index in [0.717, 1.165) is 0 Å². The number of ether oxygens (including phenoxy) is 2. The molecule has 0 saturated heterocycles. The molecule has 2 N–H and O–H groups in total. The minimum absolute atomic E-state index is 0.147. The van der Waals surface area contributed by atoms with Crippen LogP contribution in [-0.4, -0.2) is 36.5 Å². The molecule has 0 aliphatic heterocycles. The quantitative estimate of drug-likeness (QED) is 0.413. The van der Waals surface area contributed by atoms with Crippen molar-refractivity contribution in [3.63, 3.8) is 0 Å². The van der Waals surface area contributed by atoms with Crippen molar-refractivity contribution in [3.05, 3.63) is 48.5 Å². The lowest BCUT2D eigenvalue weighted by atomic mass is 10.3. The summed E-state index contributed by atoms with van der Waals surface area (Å²) >= 11 is 0. The van der Waals surface area contributed by atoms with Crippen molar-refractivity contribution in [1.82, 2.24) is 0 Å². The van der Waals surface area contributed by atoms with Gasteiger partial charge in [0.05, 0.1) is 36.1 Å². The molecule has 0 heterocycles. The summed E-state index contributed by atoms with van der Waals surface area (Å²) in [6, 6.07) is 14.6. The molecule has 0 saturated carbocycles. The first-order valence-electron chi connectivity index (χ1n) is 8.91. The molecule has 2 rings (SSSR count). The van der Waals surface area contributed by atoms with Crippen molar-refractivity contribution in [1.29, 1.82) is 0 Å². The van der Waals surface area contributed by atoms with E-state index in [1.165, 1.54) is 21.6 Å². The number of carbonyl (C=O) groups is 2. The van der Waals surface area contributed by atoms with Crippen LogP contribution < -0.4 is 20.1 Å². The second-order valence-electron chi connectivity index (χ2n) is 5.48. The van der Waals surface area contributed by atoms with E-state index in [1.807, 2.05) is 50.2 Å². The normalized spacial score (nSPS) is 10.2. The molecule has 0 aromatic heterocycles. The maximum absolute atomic E-state index is 12.1. The van der Waals surface area contributed by atoms with Crippen LogP contribution in [0, 0.1) is 0 Å². The number of rotatable bonds is 11. The zero-order valence-corrected chi connectivity index (χ0v) is 17.5. The average Bonchev–Trinajstić information content (AvgIpc) is 2.69. The Morgan fingerprint density at radius 2 is 1.14 bits per heavy atom. The van der Waals surface area contributed by atoms with Gasteiger partial charge >= 0.3 is 0 Å². The van der Waals surface area contributed by atoms with E-state index in [0.29, 0.717) is 36.1 Å². The summed E-state index contributed by atoms with van der Waals surface area (Å²) in [5.41, 5.74) is 1.29. The fraction of sp³-hybridized carbons (Fsp3) is 0.300. The fourth-order valence-electron chi connectivity index (χ4n) is 2.27. The van der Waals surface area contributed by atoms with Crippen LogP contribution >= 0.6 is 21.6 Å². The molecule has 150 valence electrons. The smallest absolute Gasteiger partial charge is 0.235 e. The molecular weight excluding hydrogens is 396 g/mol. The minimum atomic E-state index is -0.147. The number of amides is 2. The topological polar surface area (TPSA) is 76.7 Å². The van der Waals surface area contributed by atoms with E-state index < -0.39 is 0 Å². The summed E-state index contributed by atoms with van der Waals surface area (Å²) in [6.07, 6.45) is 0. The molecule has 0 unspecified atom stereocenters. The minimum Gasteiger partial charge on any atom is -0.492 e. The molecule has 28 heavy (non-hydrogen) atoms. The SMILES string of the molecule is CCOc1ccccc1NC(=O)CSSCC(=O)Nc1ccccc1OCC. The van der Waals surface area contributed by atoms with E-state index in [4.69, 9.17) is 9.47 Å². The van der Waals surface area contributed by atoms with Gasteiger partial charge in [0.1, 0.15) is 11.5 Å². The number of nitrogens with one attached hydrogen (secondary N) is 2. The number of hydrogen-bond acceptors (Lipinski definition) is 6. The Labute approximate surface area is 173 Å². The van der Waals surface area contributed by atoms with E-state index in [1.54, 1.807) is 12.1 Å². The Kier molecular flexibility index (Phi) is 9.57. The predicted molar refractivity (Wildman–Crippen MR) is 117 cm³/mol. The molecular formula is C20H24N2O4S2. The van der Waals surface area contributed by atoms with Gasteiger partial charge in [-0.25, -0.2) is 0 Å². The molecule has 0 fully saturated rings. The van der Waals surface area contributed by atoms with Crippen LogP contribution in [0.4, 0.5) is 11.4 Å². The first-order chi connectivity index (χ1) is 13.6. The van der Waals surface area contributed by atoms with Crippen LogP contribution in [0.15, 0.2) is 48.5 Å². The third-order valence-corrected chi connectivity index (χ3v) is 5.52. The van der Waals surface area contributed by atoms with E-state index >= 15 is 0 Å². The highest BCUT2D eigenvalue weighted by atomic mass is 33.1. The van der Waals surface area contributed by atoms with E-state index in [9.17, 15) is 9.59 Å². The molecule has 2 aromatic carbocycles. The maximum Gasteiger partial charge on any atom is 0.235 e. The Balaban J connectivity index is 1.72. The van der Waals surface area contributed by atoms with Crippen molar-refractivity contribution >= 4 is 44.8 Å². The summed E-state index contributed by atoms with van der Waals surface area (Å²) in [5.74, 6) is 1.45. The molecule has 0 aliphatic rings. The second kappa shape index (κ2) is 12.2. The summed E-state index contributed by atoms with van der Waals surface area (Å²) in [4.78, 5) is 24.2. The van der Waals surface area contributed by atoms with E-state index in [2.05, 4.69) is 10.6 Å². The Hall–Kier alpha value is -2.32. The van der Waals surface area contributed by atoms with Crippen LogP contribution in [0.5, 0.6) is 11.5 Å². The highest BCUT2D eigenvalue weighted by Crippen LogP contribution is 2.27. The van der Waals surface area contributed by atoms with Crippen molar-refractivity contribution in [2.75, 3.05) is 35.4 Å². The fourth-order valence-corrected chi connectivity index (χ4v) is 3.93. The molecule has 0 bridgehead atoms. The van der Waals surface area contributed by atoms with Gasteiger partial charge in [-0.3, -0.25) is 9.59 Å². The second-order valence-corrected chi connectivity index (χ2v) is 7.94. The van der Waals surface area contributed by atoms with Crippen LogP contribution in [0.3, 0.4) is 0 Å². The lowest BCUT2D eigenvalue weighted by Crippen LogP contribution is -2.16. The Bertz CT molecular complexity index is 721. The summed E-state index contributed by atoms with van der Waals surface area (Å²) < 4.78 is 11.0. The van der Waals surface area contributed by atoms with Crippen LogP contribution in [0.1, 0.15) is 13.8 Å². The Morgan fingerprint density at radius 1 is 0.750 bits per heavy atom. The molecule has 8 heteroatoms. The van der Waals surface area contributed by atoms with Crippen molar-refractivity contribution in [2.45, 2.75) is 13.8 Å². The monoisotopic (exact) mass is 420 g/mol.